The van der Waals surface area contributed by atoms with Gasteiger partial charge >= 0.3 is 0 Å². The van der Waals surface area contributed by atoms with Gasteiger partial charge in [0, 0.05) is 0 Å². The van der Waals surface area contributed by atoms with Gasteiger partial charge in [0.25, 0.3) is 0 Å². The van der Waals surface area contributed by atoms with Crippen molar-refractivity contribution in [3.63, 3.8) is 0 Å². The Morgan fingerprint density at radius 3 is 2.12 bits per heavy atom. The maximum Gasteiger partial charge on any atom is 0.162 e. The van der Waals surface area contributed by atoms with Gasteiger partial charge in [0.2, 0.25) is 0 Å². The highest BCUT2D eigenvalue weighted by Gasteiger charge is 2.12. The van der Waals surface area contributed by atoms with E-state index in [0.717, 1.165) is 5.76 Å². The molecule has 0 aliphatic carbocycles. The number of hydrogen-bond acceptors (Lipinski definition) is 1. The lowest BCUT2D eigenvalue weighted by Gasteiger charge is -2.12. The fraction of sp³-hybridized carbons (Fsp3) is 0.538. The van der Waals surface area contributed by atoms with Crippen LogP contribution in [0.5, 0.6) is 0 Å². The van der Waals surface area contributed by atoms with E-state index < -0.39 is 16.1 Å². The molecule has 0 saturated heterocycles. The van der Waals surface area contributed by atoms with E-state index in [0.29, 0.717) is 6.61 Å². The number of hydrogen-bond donors (Lipinski definition) is 0. The van der Waals surface area contributed by atoms with Crippen LogP contribution in [0, 0.1) is 11.5 Å². The summed E-state index contributed by atoms with van der Waals surface area (Å²) >= 11 is 0. The molecule has 0 saturated carbocycles. The van der Waals surface area contributed by atoms with Gasteiger partial charge in [0.15, 0.2) is 5.76 Å². The third-order valence-corrected chi connectivity index (χ3v) is 3.48. The molecule has 0 rings (SSSR count). The largest absolute Gasteiger partial charge is 0.482 e. The lowest BCUT2D eigenvalue weighted by Crippen LogP contribution is -2.19. The number of allylic oxidation sites excluding steroid dienone is 1. The van der Waals surface area contributed by atoms with Crippen LogP contribution in [-0.2, 0) is 4.74 Å². The minimum absolute atomic E-state index is 0.538. The third-order valence-electron chi connectivity index (χ3n) is 1.48. The molecule has 0 aliphatic heterocycles. The van der Waals surface area contributed by atoms with Crippen molar-refractivity contribution in [1.29, 1.82) is 0 Å². The van der Waals surface area contributed by atoms with Crippen LogP contribution in [0.1, 0.15) is 0 Å². The standard InChI is InChI=1S/C13H24OSi2/c1-8-10-14-13(12-16(5,6)7)9-11-15(2,3)4/h8,12H,1,10H2,2-7H3/b13-12-. The van der Waals surface area contributed by atoms with E-state index >= 15 is 0 Å². The Labute approximate surface area is 103 Å². The molecule has 0 aromatic rings. The van der Waals surface area contributed by atoms with Gasteiger partial charge < -0.3 is 4.74 Å². The van der Waals surface area contributed by atoms with E-state index in [4.69, 9.17) is 4.74 Å². The molecule has 0 atom stereocenters. The fourth-order valence-electron chi connectivity index (χ4n) is 0.905. The van der Waals surface area contributed by atoms with E-state index in [1.54, 1.807) is 6.08 Å². The summed E-state index contributed by atoms with van der Waals surface area (Å²) in [4.78, 5) is 0. The van der Waals surface area contributed by atoms with E-state index in [2.05, 4.69) is 63.0 Å². The molecule has 0 unspecified atom stereocenters. The zero-order valence-electron chi connectivity index (χ0n) is 11.5. The molecule has 16 heavy (non-hydrogen) atoms. The summed E-state index contributed by atoms with van der Waals surface area (Å²) in [7, 11) is -2.60. The van der Waals surface area contributed by atoms with Crippen molar-refractivity contribution in [3.05, 3.63) is 24.1 Å². The second-order valence-corrected chi connectivity index (χ2v) is 15.7. The summed E-state index contributed by atoms with van der Waals surface area (Å²) in [6.45, 7) is 17.7. The predicted octanol–water partition coefficient (Wildman–Crippen LogP) is 3.83. The SMILES string of the molecule is C=CCO/C(C#C[Si](C)(C)C)=C\[Si](C)(C)C. The summed E-state index contributed by atoms with van der Waals surface area (Å²) < 4.78 is 5.59. The van der Waals surface area contributed by atoms with Gasteiger partial charge in [-0.25, -0.2) is 0 Å². The molecule has 0 N–H and O–H groups in total. The van der Waals surface area contributed by atoms with Crippen LogP contribution in [0.4, 0.5) is 0 Å². The summed E-state index contributed by atoms with van der Waals surface area (Å²) in [6.07, 6.45) is 1.76. The second-order valence-electron chi connectivity index (χ2n) is 5.97. The zero-order chi connectivity index (χ0) is 12.8. The lowest BCUT2D eigenvalue weighted by atomic mass is 10.6. The first-order valence-corrected chi connectivity index (χ1v) is 12.7. The Bertz CT molecular complexity index is 319. The van der Waals surface area contributed by atoms with Crippen LogP contribution in [0.15, 0.2) is 24.1 Å². The molecular formula is C13H24OSi2. The highest BCUT2D eigenvalue weighted by atomic mass is 28.3. The minimum Gasteiger partial charge on any atom is -0.482 e. The van der Waals surface area contributed by atoms with Crippen LogP contribution in [0.2, 0.25) is 39.3 Å². The third kappa shape index (κ3) is 9.81. The topological polar surface area (TPSA) is 9.23 Å². The van der Waals surface area contributed by atoms with Crippen LogP contribution < -0.4 is 0 Å². The maximum absolute atomic E-state index is 5.59. The monoisotopic (exact) mass is 252 g/mol. The zero-order valence-corrected chi connectivity index (χ0v) is 13.5. The number of ether oxygens (including phenoxy) is 1. The highest BCUT2D eigenvalue weighted by Crippen LogP contribution is 2.08. The summed E-state index contributed by atoms with van der Waals surface area (Å²) in [5.74, 6) is 4.02. The van der Waals surface area contributed by atoms with Crippen molar-refractivity contribution in [2.45, 2.75) is 39.3 Å². The fourth-order valence-corrected chi connectivity index (χ4v) is 2.35. The van der Waals surface area contributed by atoms with Crippen molar-refractivity contribution in [2.75, 3.05) is 6.61 Å². The van der Waals surface area contributed by atoms with E-state index in [9.17, 15) is 0 Å². The molecule has 0 radical (unpaired) electrons. The molecular weight excluding hydrogens is 228 g/mol. The average Bonchev–Trinajstić information content (AvgIpc) is 2.06. The van der Waals surface area contributed by atoms with Crippen LogP contribution in [-0.4, -0.2) is 22.8 Å². The smallest absolute Gasteiger partial charge is 0.162 e. The average molecular weight is 253 g/mol. The molecule has 0 bridgehead atoms. The summed E-state index contributed by atoms with van der Waals surface area (Å²) in [6, 6.07) is 0. The highest BCUT2D eigenvalue weighted by molar-refractivity contribution is 6.84. The summed E-state index contributed by atoms with van der Waals surface area (Å²) in [5.41, 5.74) is 5.55. The molecule has 1 nitrogen and oxygen atoms in total. The van der Waals surface area contributed by atoms with Crippen molar-refractivity contribution in [3.8, 4) is 11.5 Å². The van der Waals surface area contributed by atoms with Gasteiger partial charge in [0.05, 0.1) is 8.07 Å². The number of rotatable bonds is 4. The van der Waals surface area contributed by atoms with Crippen molar-refractivity contribution < 1.29 is 4.74 Å². The maximum atomic E-state index is 5.59. The molecule has 90 valence electrons. The Balaban J connectivity index is 4.87. The Kier molecular flexibility index (Phi) is 5.84. The molecule has 0 heterocycles. The minimum atomic E-state index is -1.33. The van der Waals surface area contributed by atoms with Gasteiger partial charge in [-0.1, -0.05) is 51.9 Å². The van der Waals surface area contributed by atoms with Gasteiger partial charge in [-0.3, -0.25) is 0 Å². The molecule has 0 aliphatic rings. The van der Waals surface area contributed by atoms with Crippen molar-refractivity contribution in [2.24, 2.45) is 0 Å². The molecule has 0 amide bonds. The van der Waals surface area contributed by atoms with Gasteiger partial charge in [-0.05, 0) is 11.6 Å². The van der Waals surface area contributed by atoms with Crippen LogP contribution in [0.25, 0.3) is 0 Å². The molecule has 0 aromatic carbocycles. The van der Waals surface area contributed by atoms with Crippen molar-refractivity contribution >= 4 is 16.1 Å². The second kappa shape index (κ2) is 6.12. The van der Waals surface area contributed by atoms with Crippen LogP contribution in [0.3, 0.4) is 0 Å². The molecule has 0 aromatic heterocycles. The van der Waals surface area contributed by atoms with E-state index in [1.807, 2.05) is 0 Å². The lowest BCUT2D eigenvalue weighted by molar-refractivity contribution is 0.266. The van der Waals surface area contributed by atoms with Gasteiger partial charge in [-0.15, -0.1) is 5.54 Å². The molecule has 0 fully saturated rings. The first-order chi connectivity index (χ1) is 7.14. The Morgan fingerprint density at radius 1 is 1.19 bits per heavy atom. The van der Waals surface area contributed by atoms with Crippen LogP contribution >= 0.6 is 0 Å². The first kappa shape index (κ1) is 15.3. The molecule has 3 heteroatoms. The van der Waals surface area contributed by atoms with Gasteiger partial charge in [-0.2, -0.15) is 0 Å². The Morgan fingerprint density at radius 2 is 1.75 bits per heavy atom. The Hall–Kier alpha value is -0.726. The van der Waals surface area contributed by atoms with E-state index in [1.165, 1.54) is 0 Å². The summed E-state index contributed by atoms with van der Waals surface area (Å²) in [5, 5.41) is 0. The quantitative estimate of drug-likeness (QED) is 0.320. The normalized spacial score (nSPS) is 12.8. The predicted molar refractivity (Wildman–Crippen MR) is 78.7 cm³/mol. The molecule has 0 spiro atoms. The van der Waals surface area contributed by atoms with Gasteiger partial charge in [0.1, 0.15) is 14.7 Å². The first-order valence-electron chi connectivity index (χ1n) is 5.64. The van der Waals surface area contributed by atoms with E-state index in [-0.39, 0.29) is 0 Å². The van der Waals surface area contributed by atoms with Crippen molar-refractivity contribution in [1.82, 2.24) is 0 Å².